The smallest absolute Gasteiger partial charge is 0.329 e. The van der Waals surface area contributed by atoms with E-state index in [4.69, 9.17) is 5.73 Å². The van der Waals surface area contributed by atoms with Crippen molar-refractivity contribution in [2.45, 2.75) is 31.7 Å². The first-order chi connectivity index (χ1) is 11.0. The molecule has 3 rings (SSSR count). The van der Waals surface area contributed by atoms with Crippen molar-refractivity contribution in [3.05, 3.63) is 34.2 Å². The molecule has 3 N–H and O–H groups in total. The number of imide groups is 1. The number of nitrogens with zero attached hydrogens (tertiary/aromatic N) is 2. The average Bonchev–Trinajstić information content (AvgIpc) is 2.77. The molecule has 8 heteroatoms. The summed E-state index contributed by atoms with van der Waals surface area (Å²) < 4.78 is 3.04. The Hall–Kier alpha value is -2.12. The van der Waals surface area contributed by atoms with Crippen LogP contribution in [0.1, 0.15) is 30.9 Å². The summed E-state index contributed by atoms with van der Waals surface area (Å²) >= 11 is 0. The van der Waals surface area contributed by atoms with Crippen molar-refractivity contribution in [1.29, 1.82) is 0 Å². The normalized spacial score (nSPS) is 17.7. The van der Waals surface area contributed by atoms with E-state index in [1.165, 1.54) is 4.57 Å². The highest BCUT2D eigenvalue weighted by Gasteiger charge is 2.31. The molecule has 1 unspecified atom stereocenters. The van der Waals surface area contributed by atoms with Gasteiger partial charge in [0.05, 0.1) is 11.0 Å². The number of nitrogens with two attached hydrogens (primary N) is 1. The topological polar surface area (TPSA) is 99.1 Å². The number of fused-ring (bicyclic) bond motifs is 1. The van der Waals surface area contributed by atoms with Crippen molar-refractivity contribution in [2.24, 2.45) is 12.8 Å². The second-order valence-electron chi connectivity index (χ2n) is 5.89. The van der Waals surface area contributed by atoms with Crippen molar-refractivity contribution in [1.82, 2.24) is 14.5 Å². The molecule has 0 aliphatic carbocycles. The molecular formula is C16H21ClN4O3. The fraction of sp³-hybridized carbons (Fsp3) is 0.438. The molecule has 0 bridgehead atoms. The van der Waals surface area contributed by atoms with Crippen molar-refractivity contribution < 1.29 is 9.59 Å². The highest BCUT2D eigenvalue weighted by atomic mass is 35.5. The molecule has 1 fully saturated rings. The molecule has 1 aliphatic rings. The van der Waals surface area contributed by atoms with E-state index < -0.39 is 11.9 Å². The van der Waals surface area contributed by atoms with Gasteiger partial charge in [-0.15, -0.1) is 12.4 Å². The van der Waals surface area contributed by atoms with Gasteiger partial charge in [0.15, 0.2) is 0 Å². The van der Waals surface area contributed by atoms with Crippen molar-refractivity contribution >= 4 is 35.3 Å². The summed E-state index contributed by atoms with van der Waals surface area (Å²) in [6.45, 7) is 0.619. The highest BCUT2D eigenvalue weighted by molar-refractivity contribution is 6.00. The number of benzene rings is 1. The number of rotatable bonds is 4. The van der Waals surface area contributed by atoms with Crippen LogP contribution in [0.4, 0.5) is 0 Å². The highest BCUT2D eigenvalue weighted by Crippen LogP contribution is 2.23. The van der Waals surface area contributed by atoms with Gasteiger partial charge in [-0.1, -0.05) is 6.07 Å². The van der Waals surface area contributed by atoms with E-state index in [1.807, 2.05) is 18.2 Å². The zero-order chi connectivity index (χ0) is 16.6. The predicted octanol–water partition coefficient (Wildman–Crippen LogP) is 0.631. The van der Waals surface area contributed by atoms with Crippen LogP contribution in [-0.4, -0.2) is 27.5 Å². The Bertz CT molecular complexity index is 840. The first-order valence-corrected chi connectivity index (χ1v) is 7.76. The molecule has 1 aromatic carbocycles. The number of carbonyl (C=O) groups excluding carboxylic acids is 2. The zero-order valence-electron chi connectivity index (χ0n) is 13.4. The Balaban J connectivity index is 0.00000208. The van der Waals surface area contributed by atoms with Gasteiger partial charge in [-0.2, -0.15) is 0 Å². The predicted molar refractivity (Wildman–Crippen MR) is 93.2 cm³/mol. The molecule has 1 aliphatic heterocycles. The quantitative estimate of drug-likeness (QED) is 0.788. The minimum absolute atomic E-state index is 0. The van der Waals surface area contributed by atoms with Crippen molar-refractivity contribution in [3.8, 4) is 0 Å². The van der Waals surface area contributed by atoms with Gasteiger partial charge in [0.25, 0.3) is 0 Å². The zero-order valence-corrected chi connectivity index (χ0v) is 14.3. The van der Waals surface area contributed by atoms with Crippen LogP contribution in [0.2, 0.25) is 0 Å². The number of halogens is 1. The van der Waals surface area contributed by atoms with E-state index in [-0.39, 0.29) is 30.4 Å². The average molecular weight is 353 g/mol. The molecule has 130 valence electrons. The van der Waals surface area contributed by atoms with Crippen LogP contribution in [0.3, 0.4) is 0 Å². The third-order valence-electron chi connectivity index (χ3n) is 4.35. The van der Waals surface area contributed by atoms with Gasteiger partial charge in [0.2, 0.25) is 11.8 Å². The third kappa shape index (κ3) is 3.09. The van der Waals surface area contributed by atoms with Gasteiger partial charge in [-0.3, -0.25) is 24.0 Å². The van der Waals surface area contributed by atoms with E-state index in [0.717, 1.165) is 23.9 Å². The molecule has 2 heterocycles. The molecule has 24 heavy (non-hydrogen) atoms. The maximum atomic E-state index is 12.6. The Morgan fingerprint density at radius 3 is 2.67 bits per heavy atom. The van der Waals surface area contributed by atoms with E-state index in [0.29, 0.717) is 18.5 Å². The van der Waals surface area contributed by atoms with E-state index in [1.54, 1.807) is 11.6 Å². The largest absolute Gasteiger partial charge is 0.330 e. The Kier molecular flexibility index (Phi) is 5.46. The number of piperidine rings is 1. The maximum Gasteiger partial charge on any atom is 0.329 e. The molecule has 2 aromatic rings. The van der Waals surface area contributed by atoms with E-state index in [9.17, 15) is 14.4 Å². The fourth-order valence-electron chi connectivity index (χ4n) is 3.10. The van der Waals surface area contributed by atoms with Crippen molar-refractivity contribution in [3.63, 3.8) is 0 Å². The maximum absolute atomic E-state index is 12.6. The molecular weight excluding hydrogens is 332 g/mol. The first-order valence-electron chi connectivity index (χ1n) is 7.76. The molecule has 2 amide bonds. The van der Waals surface area contributed by atoms with Crippen molar-refractivity contribution in [2.75, 3.05) is 6.54 Å². The second-order valence-corrected chi connectivity index (χ2v) is 5.89. The summed E-state index contributed by atoms with van der Waals surface area (Å²) in [6.07, 6.45) is 2.32. The minimum Gasteiger partial charge on any atom is -0.330 e. The van der Waals surface area contributed by atoms with Crippen LogP contribution in [0, 0.1) is 0 Å². The molecule has 1 aromatic heterocycles. The van der Waals surface area contributed by atoms with Gasteiger partial charge in [-0.05, 0) is 43.5 Å². The lowest BCUT2D eigenvalue weighted by Gasteiger charge is -2.21. The van der Waals surface area contributed by atoms with Crippen LogP contribution in [0.5, 0.6) is 0 Å². The minimum atomic E-state index is -0.640. The number of imidazole rings is 1. The monoisotopic (exact) mass is 352 g/mol. The number of hydrogen-bond acceptors (Lipinski definition) is 4. The first kappa shape index (κ1) is 18.2. The Morgan fingerprint density at radius 1 is 1.25 bits per heavy atom. The summed E-state index contributed by atoms with van der Waals surface area (Å²) in [5.41, 5.74) is 7.90. The van der Waals surface area contributed by atoms with Gasteiger partial charge in [0, 0.05) is 13.5 Å². The number of nitrogens with one attached hydrogen (secondary N) is 1. The molecule has 1 atom stereocenters. The summed E-state index contributed by atoms with van der Waals surface area (Å²) in [5, 5.41) is 2.31. The fourth-order valence-corrected chi connectivity index (χ4v) is 3.10. The van der Waals surface area contributed by atoms with Crippen LogP contribution in [-0.2, 0) is 23.1 Å². The molecule has 0 saturated carbocycles. The molecule has 0 radical (unpaired) electrons. The van der Waals surface area contributed by atoms with Gasteiger partial charge < -0.3 is 5.73 Å². The molecule has 7 nitrogen and oxygen atoms in total. The lowest BCUT2D eigenvalue weighted by Crippen LogP contribution is -2.44. The lowest BCUT2D eigenvalue weighted by molar-refractivity contribution is -0.135. The number of aryl methyl sites for hydroxylation is 2. The van der Waals surface area contributed by atoms with Crippen LogP contribution in [0.25, 0.3) is 11.0 Å². The van der Waals surface area contributed by atoms with Crippen LogP contribution in [0.15, 0.2) is 23.0 Å². The number of carbonyl (C=O) groups is 2. The summed E-state index contributed by atoms with van der Waals surface area (Å²) in [5.74, 6) is -0.702. The lowest BCUT2D eigenvalue weighted by atomic mass is 10.1. The van der Waals surface area contributed by atoms with E-state index in [2.05, 4.69) is 5.32 Å². The van der Waals surface area contributed by atoms with Gasteiger partial charge >= 0.3 is 5.69 Å². The van der Waals surface area contributed by atoms with Gasteiger partial charge in [0.1, 0.15) is 6.04 Å². The van der Waals surface area contributed by atoms with Crippen LogP contribution >= 0.6 is 12.4 Å². The number of aromatic nitrogens is 2. The number of amides is 2. The summed E-state index contributed by atoms with van der Waals surface area (Å²) in [6, 6.07) is 5.15. The van der Waals surface area contributed by atoms with Gasteiger partial charge in [-0.25, -0.2) is 4.79 Å². The van der Waals surface area contributed by atoms with E-state index >= 15 is 0 Å². The SMILES string of the molecule is Cl.Cn1c(=O)n(C2CCC(=O)NC2=O)c2ccc(CCCN)cc21. The standard InChI is InChI=1S/C16H20N4O3.ClH/c1-19-13-9-10(3-2-8-17)4-5-11(13)20(16(19)23)12-6-7-14(21)18-15(12)22;/h4-5,9,12H,2-3,6-8,17H2,1H3,(H,18,21,22);1H. The third-order valence-corrected chi connectivity index (χ3v) is 4.35. The Morgan fingerprint density at radius 2 is 2.00 bits per heavy atom. The number of hydrogen-bond donors (Lipinski definition) is 2. The molecule has 0 spiro atoms. The summed E-state index contributed by atoms with van der Waals surface area (Å²) in [4.78, 5) is 36.0. The molecule has 1 saturated heterocycles. The Labute approximate surface area is 145 Å². The summed E-state index contributed by atoms with van der Waals surface area (Å²) in [7, 11) is 1.69. The van der Waals surface area contributed by atoms with Crippen LogP contribution < -0.4 is 16.7 Å². The second kappa shape index (κ2) is 7.19.